The average molecular weight is 344 g/mol. The Kier molecular flexibility index (Phi) is 5.04. The number of halogens is 3. The lowest BCUT2D eigenvalue weighted by molar-refractivity contribution is -0.137. The first-order valence-corrected chi connectivity index (χ1v) is 7.27. The summed E-state index contributed by atoms with van der Waals surface area (Å²) in [5.74, 6) is -0.490. The number of amides is 1. The summed E-state index contributed by atoms with van der Waals surface area (Å²) in [6, 6.07) is 4.11. The van der Waals surface area contributed by atoms with Gasteiger partial charge >= 0.3 is 11.9 Å². The van der Waals surface area contributed by atoms with Gasteiger partial charge in [0.05, 0.1) is 17.0 Å². The number of hydrogen-bond donors (Lipinski definition) is 2. The Balaban J connectivity index is 1.94. The van der Waals surface area contributed by atoms with E-state index in [-0.39, 0.29) is 11.4 Å². The molecule has 1 aromatic carbocycles. The van der Waals surface area contributed by atoms with E-state index in [4.69, 9.17) is 0 Å². The molecule has 0 fully saturated rings. The van der Waals surface area contributed by atoms with E-state index in [2.05, 4.69) is 20.5 Å². The third kappa shape index (κ3) is 4.81. The van der Waals surface area contributed by atoms with Crippen LogP contribution < -0.4 is 11.0 Å². The van der Waals surface area contributed by atoms with Crippen LogP contribution in [0.25, 0.3) is 0 Å². The molecule has 0 aliphatic heterocycles. The number of nitrogens with zero attached hydrogens (tertiary/aromatic N) is 2. The van der Waals surface area contributed by atoms with Crippen LogP contribution >= 0.6 is 11.8 Å². The average Bonchev–Trinajstić information content (AvgIpc) is 2.48. The fourth-order valence-electron chi connectivity index (χ4n) is 1.59. The molecular weight excluding hydrogens is 333 g/mol. The molecule has 2 aromatic rings. The highest BCUT2D eigenvalue weighted by molar-refractivity contribution is 8.00. The second-order valence-corrected chi connectivity index (χ2v) is 5.41. The minimum Gasteiger partial charge on any atom is -0.325 e. The molecule has 2 N–H and O–H groups in total. The number of aryl methyl sites for hydroxylation is 1. The van der Waals surface area contributed by atoms with Crippen LogP contribution in [-0.4, -0.2) is 26.8 Å². The highest BCUT2D eigenvalue weighted by atomic mass is 32.2. The van der Waals surface area contributed by atoms with Crippen LogP contribution in [0.15, 0.2) is 34.1 Å². The first-order valence-electron chi connectivity index (χ1n) is 6.29. The van der Waals surface area contributed by atoms with Gasteiger partial charge in [-0.1, -0.05) is 11.8 Å². The van der Waals surface area contributed by atoms with Gasteiger partial charge in [0, 0.05) is 5.69 Å². The van der Waals surface area contributed by atoms with Gasteiger partial charge in [0.2, 0.25) is 5.91 Å². The number of thioether (sulfide) groups is 1. The fraction of sp³-hybridized carbons (Fsp3) is 0.231. The summed E-state index contributed by atoms with van der Waals surface area (Å²) < 4.78 is 37.3. The third-order valence-corrected chi connectivity index (χ3v) is 3.73. The predicted octanol–water partition coefficient (Wildman–Crippen LogP) is 2.22. The van der Waals surface area contributed by atoms with Crippen molar-refractivity contribution in [3.63, 3.8) is 0 Å². The Morgan fingerprint density at radius 2 is 1.96 bits per heavy atom. The molecule has 0 aliphatic carbocycles. The number of H-pyrrole nitrogens is 1. The van der Waals surface area contributed by atoms with Crippen LogP contribution in [0.3, 0.4) is 0 Å². The Morgan fingerprint density at radius 3 is 2.57 bits per heavy atom. The highest BCUT2D eigenvalue weighted by Gasteiger charge is 2.29. The molecule has 0 atom stereocenters. The molecule has 0 saturated heterocycles. The maximum atomic E-state index is 12.4. The van der Waals surface area contributed by atoms with Gasteiger partial charge in [0.25, 0.3) is 0 Å². The quantitative estimate of drug-likeness (QED) is 0.831. The highest BCUT2D eigenvalue weighted by Crippen LogP contribution is 2.29. The molecule has 2 rings (SSSR count). The van der Waals surface area contributed by atoms with Gasteiger partial charge in [0.15, 0.2) is 0 Å². The molecule has 122 valence electrons. The summed E-state index contributed by atoms with van der Waals surface area (Å²) in [6.45, 7) is 1.62. The van der Waals surface area contributed by atoms with Crippen LogP contribution in [0.5, 0.6) is 0 Å². The lowest BCUT2D eigenvalue weighted by atomic mass is 10.2. The fourth-order valence-corrected chi connectivity index (χ4v) is 2.33. The molecule has 0 saturated carbocycles. The maximum Gasteiger partial charge on any atom is 0.416 e. The third-order valence-electron chi connectivity index (χ3n) is 2.67. The van der Waals surface area contributed by atoms with Gasteiger partial charge in [-0.25, -0.2) is 9.89 Å². The molecule has 1 aromatic heterocycles. The maximum absolute atomic E-state index is 12.4. The van der Waals surface area contributed by atoms with Gasteiger partial charge in [-0.2, -0.15) is 23.3 Å². The summed E-state index contributed by atoms with van der Waals surface area (Å²) in [6.07, 6.45) is -4.42. The van der Waals surface area contributed by atoms with Gasteiger partial charge < -0.3 is 5.32 Å². The monoisotopic (exact) mass is 344 g/mol. The molecule has 0 unspecified atom stereocenters. The lowest BCUT2D eigenvalue weighted by Gasteiger charge is -2.08. The lowest BCUT2D eigenvalue weighted by Crippen LogP contribution is -2.17. The van der Waals surface area contributed by atoms with Crippen molar-refractivity contribution in [3.8, 4) is 0 Å². The van der Waals surface area contributed by atoms with Gasteiger partial charge in [0.1, 0.15) is 5.03 Å². The summed E-state index contributed by atoms with van der Waals surface area (Å²) >= 11 is 1.01. The van der Waals surface area contributed by atoms with Gasteiger partial charge in [-0.05, 0) is 31.2 Å². The molecule has 1 heterocycles. The number of rotatable bonds is 4. The molecule has 6 nitrogen and oxygen atoms in total. The van der Waals surface area contributed by atoms with E-state index in [1.165, 1.54) is 12.1 Å². The number of hydrogen-bond acceptors (Lipinski definition) is 5. The molecule has 0 radical (unpaired) electrons. The molecular formula is C13H11F3N4O2S. The standard InChI is InChI=1S/C13H11F3N4O2S/c1-7-11(18-12(22)20-19-7)23-6-10(21)17-9-4-2-8(3-5-9)13(14,15)16/h2-5H,6H2,1H3,(H,17,21)(H,18,20,22). The molecule has 0 spiro atoms. The number of carbonyl (C=O) groups is 1. The van der Waals surface area contributed by atoms with E-state index < -0.39 is 23.3 Å². The Bertz CT molecular complexity index is 759. The first-order chi connectivity index (χ1) is 10.8. The van der Waals surface area contributed by atoms with E-state index in [0.717, 1.165) is 23.9 Å². The van der Waals surface area contributed by atoms with Crippen LogP contribution in [0.2, 0.25) is 0 Å². The van der Waals surface area contributed by atoms with Crippen LogP contribution in [0.1, 0.15) is 11.3 Å². The Labute approximate surface area is 132 Å². The smallest absolute Gasteiger partial charge is 0.325 e. The number of alkyl halides is 3. The van der Waals surface area contributed by atoms with Crippen molar-refractivity contribution in [1.82, 2.24) is 15.2 Å². The first kappa shape index (κ1) is 17.0. The zero-order valence-corrected chi connectivity index (χ0v) is 12.6. The largest absolute Gasteiger partial charge is 0.416 e. The predicted molar refractivity (Wildman–Crippen MR) is 78.2 cm³/mol. The van der Waals surface area contributed by atoms with Crippen molar-refractivity contribution in [2.24, 2.45) is 0 Å². The van der Waals surface area contributed by atoms with E-state index in [1.807, 2.05) is 0 Å². The van der Waals surface area contributed by atoms with Crippen molar-refractivity contribution in [2.75, 3.05) is 11.1 Å². The van der Waals surface area contributed by atoms with Gasteiger partial charge in [-0.3, -0.25) is 4.79 Å². The van der Waals surface area contributed by atoms with Crippen molar-refractivity contribution < 1.29 is 18.0 Å². The molecule has 0 aliphatic rings. The summed E-state index contributed by atoms with van der Waals surface area (Å²) in [7, 11) is 0. The van der Waals surface area contributed by atoms with Crippen molar-refractivity contribution >= 4 is 23.4 Å². The summed E-state index contributed by atoms with van der Waals surface area (Å²) in [4.78, 5) is 26.5. The number of anilines is 1. The second-order valence-electron chi connectivity index (χ2n) is 4.44. The Hall–Kier alpha value is -2.36. The van der Waals surface area contributed by atoms with Crippen LogP contribution in [-0.2, 0) is 11.0 Å². The van der Waals surface area contributed by atoms with Crippen LogP contribution in [0.4, 0.5) is 18.9 Å². The minimum absolute atomic E-state index is 0.0556. The number of carbonyl (C=O) groups excluding carboxylic acids is 1. The van der Waals surface area contributed by atoms with E-state index in [0.29, 0.717) is 10.7 Å². The van der Waals surface area contributed by atoms with Gasteiger partial charge in [-0.15, -0.1) is 0 Å². The summed E-state index contributed by atoms with van der Waals surface area (Å²) in [5, 5.41) is 8.66. The zero-order valence-electron chi connectivity index (χ0n) is 11.8. The van der Waals surface area contributed by atoms with Crippen molar-refractivity contribution in [3.05, 3.63) is 46.0 Å². The van der Waals surface area contributed by atoms with E-state index in [1.54, 1.807) is 6.92 Å². The number of benzene rings is 1. The molecule has 23 heavy (non-hydrogen) atoms. The van der Waals surface area contributed by atoms with E-state index in [9.17, 15) is 22.8 Å². The molecule has 10 heteroatoms. The van der Waals surface area contributed by atoms with Crippen LogP contribution in [0, 0.1) is 6.92 Å². The topological polar surface area (TPSA) is 87.7 Å². The SMILES string of the molecule is Cc1n[nH]c(=O)nc1SCC(=O)Nc1ccc(C(F)(F)F)cc1. The zero-order chi connectivity index (χ0) is 17.0. The number of nitrogens with one attached hydrogen (secondary N) is 2. The van der Waals surface area contributed by atoms with Crippen molar-refractivity contribution in [2.45, 2.75) is 18.1 Å². The van der Waals surface area contributed by atoms with E-state index >= 15 is 0 Å². The molecule has 0 bridgehead atoms. The number of aromatic nitrogens is 3. The minimum atomic E-state index is -4.42. The number of aromatic amines is 1. The summed E-state index contributed by atoms with van der Waals surface area (Å²) in [5.41, 5.74) is -0.699. The van der Waals surface area contributed by atoms with Crippen molar-refractivity contribution in [1.29, 1.82) is 0 Å². The normalized spacial score (nSPS) is 11.3. The second kappa shape index (κ2) is 6.82. The molecule has 1 amide bonds. The Morgan fingerprint density at radius 1 is 1.30 bits per heavy atom.